The summed E-state index contributed by atoms with van der Waals surface area (Å²) in [6.07, 6.45) is 9.30. The Kier molecular flexibility index (Phi) is 5.67. The summed E-state index contributed by atoms with van der Waals surface area (Å²) in [6, 6.07) is 0.801. The molecule has 3 nitrogen and oxygen atoms in total. The molecule has 19 heavy (non-hydrogen) atoms. The highest BCUT2D eigenvalue weighted by atomic mass is 15.3. The Hall–Kier alpha value is -0.120. The Bertz CT molecular complexity index is 257. The topological polar surface area (TPSA) is 32.5 Å². The lowest BCUT2D eigenvalue weighted by molar-refractivity contribution is 0.0887. The quantitative estimate of drug-likeness (QED) is 0.802. The molecule has 2 saturated heterocycles. The molecular weight excluding hydrogens is 234 g/mol. The molecule has 0 saturated carbocycles. The Morgan fingerprint density at radius 2 is 1.84 bits per heavy atom. The van der Waals surface area contributed by atoms with Crippen LogP contribution in [0.1, 0.15) is 58.8 Å². The highest BCUT2D eigenvalue weighted by Gasteiger charge is 2.39. The zero-order valence-electron chi connectivity index (χ0n) is 13.0. The van der Waals surface area contributed by atoms with Gasteiger partial charge >= 0.3 is 0 Å². The van der Waals surface area contributed by atoms with Crippen molar-refractivity contribution in [3.05, 3.63) is 0 Å². The minimum Gasteiger partial charge on any atom is -0.329 e. The minimum atomic E-state index is 0.277. The lowest BCUT2D eigenvalue weighted by Crippen LogP contribution is -2.53. The molecule has 3 heteroatoms. The molecule has 0 bridgehead atoms. The highest BCUT2D eigenvalue weighted by molar-refractivity contribution is 4.97. The van der Waals surface area contributed by atoms with E-state index in [9.17, 15) is 0 Å². The molecule has 2 N–H and O–H groups in total. The summed E-state index contributed by atoms with van der Waals surface area (Å²) in [4.78, 5) is 5.46. The fraction of sp³-hybridized carbons (Fsp3) is 1.00. The van der Waals surface area contributed by atoms with Gasteiger partial charge < -0.3 is 5.73 Å². The van der Waals surface area contributed by atoms with Crippen molar-refractivity contribution < 1.29 is 0 Å². The van der Waals surface area contributed by atoms with Crippen LogP contribution in [0.4, 0.5) is 0 Å². The van der Waals surface area contributed by atoms with Crippen LogP contribution in [-0.4, -0.2) is 54.1 Å². The number of hydrogen-bond acceptors (Lipinski definition) is 3. The molecule has 2 fully saturated rings. The van der Waals surface area contributed by atoms with Gasteiger partial charge in [0.05, 0.1) is 0 Å². The first-order valence-corrected chi connectivity index (χ1v) is 8.45. The molecule has 2 rings (SSSR count). The fourth-order valence-corrected chi connectivity index (χ4v) is 4.15. The van der Waals surface area contributed by atoms with Gasteiger partial charge in [-0.3, -0.25) is 9.80 Å². The van der Waals surface area contributed by atoms with Crippen LogP contribution in [0, 0.1) is 0 Å². The summed E-state index contributed by atoms with van der Waals surface area (Å²) in [7, 11) is 0. The second kappa shape index (κ2) is 7.05. The van der Waals surface area contributed by atoms with Gasteiger partial charge in [-0.1, -0.05) is 26.7 Å². The molecule has 0 aliphatic carbocycles. The summed E-state index contributed by atoms with van der Waals surface area (Å²) in [5.74, 6) is 0. The molecule has 0 spiro atoms. The zero-order chi connectivity index (χ0) is 13.7. The maximum Gasteiger partial charge on any atom is 0.0329 e. The number of nitrogens with two attached hydrogens (primary N) is 1. The van der Waals surface area contributed by atoms with Gasteiger partial charge in [-0.2, -0.15) is 0 Å². The summed E-state index contributed by atoms with van der Waals surface area (Å²) < 4.78 is 0. The summed E-state index contributed by atoms with van der Waals surface area (Å²) >= 11 is 0. The summed E-state index contributed by atoms with van der Waals surface area (Å²) in [5, 5.41) is 0. The van der Waals surface area contributed by atoms with E-state index < -0.39 is 0 Å². The van der Waals surface area contributed by atoms with E-state index in [-0.39, 0.29) is 5.54 Å². The van der Waals surface area contributed by atoms with E-state index in [0.29, 0.717) is 0 Å². The van der Waals surface area contributed by atoms with Gasteiger partial charge in [0.2, 0.25) is 0 Å². The third-order valence-corrected chi connectivity index (χ3v) is 5.49. The maximum atomic E-state index is 6.15. The van der Waals surface area contributed by atoms with E-state index in [1.165, 1.54) is 71.1 Å². The molecule has 0 radical (unpaired) electrons. The average molecular weight is 267 g/mol. The minimum absolute atomic E-state index is 0.277. The van der Waals surface area contributed by atoms with E-state index in [1.54, 1.807) is 0 Å². The average Bonchev–Trinajstić information content (AvgIpc) is 2.96. The van der Waals surface area contributed by atoms with Crippen molar-refractivity contribution in [3.63, 3.8) is 0 Å². The first-order valence-electron chi connectivity index (χ1n) is 8.45. The molecule has 2 aliphatic heterocycles. The normalized spacial score (nSPS) is 29.5. The van der Waals surface area contributed by atoms with Crippen LogP contribution in [0.25, 0.3) is 0 Å². The van der Waals surface area contributed by atoms with Crippen molar-refractivity contribution in [1.82, 2.24) is 9.80 Å². The first-order chi connectivity index (χ1) is 9.25. The van der Waals surface area contributed by atoms with Crippen LogP contribution in [0.3, 0.4) is 0 Å². The van der Waals surface area contributed by atoms with Crippen molar-refractivity contribution in [2.24, 2.45) is 5.73 Å². The van der Waals surface area contributed by atoms with Gasteiger partial charge in [-0.25, -0.2) is 0 Å². The molecule has 2 unspecified atom stereocenters. The van der Waals surface area contributed by atoms with E-state index in [4.69, 9.17) is 5.73 Å². The number of piperidine rings is 1. The number of nitrogens with zero attached hydrogens (tertiary/aromatic N) is 2. The molecule has 0 aromatic heterocycles. The van der Waals surface area contributed by atoms with Crippen molar-refractivity contribution in [2.45, 2.75) is 70.4 Å². The lowest BCUT2D eigenvalue weighted by atomic mass is 9.89. The fourth-order valence-electron chi connectivity index (χ4n) is 4.15. The van der Waals surface area contributed by atoms with Crippen molar-refractivity contribution >= 4 is 0 Å². The lowest BCUT2D eigenvalue weighted by Gasteiger charge is -2.41. The Morgan fingerprint density at radius 3 is 2.42 bits per heavy atom. The highest BCUT2D eigenvalue weighted by Crippen LogP contribution is 2.31. The molecule has 112 valence electrons. The molecule has 0 aromatic rings. The third-order valence-electron chi connectivity index (χ3n) is 5.49. The molecule has 0 amide bonds. The van der Waals surface area contributed by atoms with Crippen LogP contribution >= 0.6 is 0 Å². The third kappa shape index (κ3) is 3.32. The predicted octanol–water partition coefficient (Wildman–Crippen LogP) is 2.45. The Morgan fingerprint density at radius 1 is 1.11 bits per heavy atom. The number of rotatable bonds is 6. The predicted molar refractivity (Wildman–Crippen MR) is 82.4 cm³/mol. The summed E-state index contributed by atoms with van der Waals surface area (Å²) in [5.41, 5.74) is 6.43. The smallest absolute Gasteiger partial charge is 0.0329 e. The molecule has 2 aliphatic rings. The first kappa shape index (κ1) is 15.3. The number of hydrogen-bond donors (Lipinski definition) is 1. The van der Waals surface area contributed by atoms with E-state index in [1.807, 2.05) is 0 Å². The Labute approximate surface area is 119 Å². The molecule has 2 atom stereocenters. The van der Waals surface area contributed by atoms with Gasteiger partial charge in [0.15, 0.2) is 0 Å². The van der Waals surface area contributed by atoms with Crippen molar-refractivity contribution in [3.8, 4) is 0 Å². The van der Waals surface area contributed by atoms with E-state index in [0.717, 1.165) is 12.6 Å². The standard InChI is InChI=1S/C16H33N3/c1-3-9-16(4-2,14-17)19-12-8-15(13-19)18-10-6-5-7-11-18/h15H,3-14,17H2,1-2H3. The van der Waals surface area contributed by atoms with Gasteiger partial charge in [-0.05, 0) is 45.2 Å². The van der Waals surface area contributed by atoms with Crippen LogP contribution in [-0.2, 0) is 0 Å². The molecular formula is C16H33N3. The number of likely N-dealkylation sites (tertiary alicyclic amines) is 2. The second-order valence-electron chi connectivity index (χ2n) is 6.52. The largest absolute Gasteiger partial charge is 0.329 e. The van der Waals surface area contributed by atoms with Crippen molar-refractivity contribution in [1.29, 1.82) is 0 Å². The van der Waals surface area contributed by atoms with Crippen LogP contribution in [0.5, 0.6) is 0 Å². The molecule has 2 heterocycles. The van der Waals surface area contributed by atoms with E-state index in [2.05, 4.69) is 23.6 Å². The van der Waals surface area contributed by atoms with E-state index >= 15 is 0 Å². The van der Waals surface area contributed by atoms with Crippen LogP contribution < -0.4 is 5.73 Å². The van der Waals surface area contributed by atoms with Gasteiger partial charge in [0.1, 0.15) is 0 Å². The van der Waals surface area contributed by atoms with Crippen molar-refractivity contribution in [2.75, 3.05) is 32.7 Å². The molecule has 0 aromatic carbocycles. The van der Waals surface area contributed by atoms with Crippen LogP contribution in [0.2, 0.25) is 0 Å². The maximum absolute atomic E-state index is 6.15. The summed E-state index contributed by atoms with van der Waals surface area (Å²) in [6.45, 7) is 10.6. The van der Waals surface area contributed by atoms with Crippen LogP contribution in [0.15, 0.2) is 0 Å². The van der Waals surface area contributed by atoms with Gasteiger partial charge in [0.25, 0.3) is 0 Å². The Balaban J connectivity index is 1.95. The van der Waals surface area contributed by atoms with Gasteiger partial charge in [-0.15, -0.1) is 0 Å². The zero-order valence-corrected chi connectivity index (χ0v) is 13.0. The van der Waals surface area contributed by atoms with Gasteiger partial charge in [0, 0.05) is 31.2 Å². The second-order valence-corrected chi connectivity index (χ2v) is 6.52. The monoisotopic (exact) mass is 267 g/mol. The SMILES string of the molecule is CCCC(CC)(CN)N1CCC(N2CCCCC2)C1.